The van der Waals surface area contributed by atoms with Gasteiger partial charge in [-0.05, 0) is 37.3 Å². The van der Waals surface area contributed by atoms with E-state index in [-0.39, 0.29) is 17.3 Å². The third kappa shape index (κ3) is 2.25. The molecule has 0 bridgehead atoms. The summed E-state index contributed by atoms with van der Waals surface area (Å²) in [5.74, 6) is 0.459. The summed E-state index contributed by atoms with van der Waals surface area (Å²) in [4.78, 5) is 0. The van der Waals surface area contributed by atoms with E-state index >= 15 is 0 Å². The summed E-state index contributed by atoms with van der Waals surface area (Å²) in [6, 6.07) is 5.45. The van der Waals surface area contributed by atoms with Crippen LogP contribution in [0.5, 0.6) is 5.75 Å². The zero-order chi connectivity index (χ0) is 13.3. The van der Waals surface area contributed by atoms with Gasteiger partial charge in [0.05, 0.1) is 7.11 Å². The molecule has 1 saturated carbocycles. The molecule has 1 saturated heterocycles. The van der Waals surface area contributed by atoms with Crippen LogP contribution in [-0.4, -0.2) is 13.7 Å². The maximum atomic E-state index is 14.3. The Morgan fingerprint density at radius 1 is 1.21 bits per heavy atom. The number of methoxy groups -OCH3 is 1. The monoisotopic (exact) mass is 263 g/mol. The van der Waals surface area contributed by atoms with E-state index in [0.29, 0.717) is 5.75 Å². The summed E-state index contributed by atoms with van der Waals surface area (Å²) >= 11 is 0. The first-order valence-corrected chi connectivity index (χ1v) is 7.32. The zero-order valence-electron chi connectivity index (χ0n) is 11.5. The van der Waals surface area contributed by atoms with Crippen LogP contribution >= 0.6 is 0 Å². The van der Waals surface area contributed by atoms with Crippen molar-refractivity contribution < 1.29 is 9.13 Å². The summed E-state index contributed by atoms with van der Waals surface area (Å²) in [5.41, 5.74) is 1.11. The van der Waals surface area contributed by atoms with Crippen molar-refractivity contribution in [2.24, 2.45) is 5.41 Å². The number of hydrogen-bond acceptors (Lipinski definition) is 2. The minimum Gasteiger partial charge on any atom is -0.497 e. The molecule has 2 fully saturated rings. The number of halogens is 1. The van der Waals surface area contributed by atoms with E-state index in [1.807, 2.05) is 12.1 Å². The van der Waals surface area contributed by atoms with Gasteiger partial charge in [0.25, 0.3) is 0 Å². The Morgan fingerprint density at radius 2 is 2.00 bits per heavy atom. The quantitative estimate of drug-likeness (QED) is 0.876. The largest absolute Gasteiger partial charge is 0.497 e. The fourth-order valence-electron chi connectivity index (χ4n) is 3.93. The summed E-state index contributed by atoms with van der Waals surface area (Å²) in [6.45, 7) is 1.01. The maximum absolute atomic E-state index is 14.3. The van der Waals surface area contributed by atoms with Gasteiger partial charge in [-0.25, -0.2) is 4.39 Å². The van der Waals surface area contributed by atoms with Gasteiger partial charge in [0, 0.05) is 17.7 Å². The van der Waals surface area contributed by atoms with Gasteiger partial charge in [0.2, 0.25) is 0 Å². The van der Waals surface area contributed by atoms with Crippen molar-refractivity contribution in [2.45, 2.75) is 44.6 Å². The van der Waals surface area contributed by atoms with Crippen molar-refractivity contribution in [3.8, 4) is 5.75 Å². The van der Waals surface area contributed by atoms with Crippen LogP contribution in [-0.2, 0) is 0 Å². The first-order valence-electron chi connectivity index (χ1n) is 7.32. The lowest BCUT2D eigenvalue weighted by molar-refractivity contribution is 0.162. The van der Waals surface area contributed by atoms with Gasteiger partial charge in [0.1, 0.15) is 11.6 Å². The van der Waals surface area contributed by atoms with Gasteiger partial charge in [-0.2, -0.15) is 0 Å². The normalized spacial score (nSPS) is 25.7. The molecule has 1 unspecified atom stereocenters. The highest BCUT2D eigenvalue weighted by molar-refractivity contribution is 5.32. The van der Waals surface area contributed by atoms with Gasteiger partial charge in [0.15, 0.2) is 0 Å². The Bertz CT molecular complexity index is 454. The predicted molar refractivity (Wildman–Crippen MR) is 73.8 cm³/mol. The molecule has 1 aromatic rings. The van der Waals surface area contributed by atoms with Crippen LogP contribution in [0.4, 0.5) is 4.39 Å². The van der Waals surface area contributed by atoms with E-state index in [0.717, 1.165) is 12.1 Å². The van der Waals surface area contributed by atoms with Crippen LogP contribution in [0.1, 0.15) is 50.1 Å². The number of rotatable bonds is 2. The molecule has 1 aromatic carbocycles. The van der Waals surface area contributed by atoms with Gasteiger partial charge in [-0.1, -0.05) is 25.3 Å². The molecule has 1 heterocycles. The fraction of sp³-hybridized carbons (Fsp3) is 0.625. The molecule has 3 rings (SSSR count). The highest BCUT2D eigenvalue weighted by atomic mass is 19.1. The molecule has 0 radical (unpaired) electrons. The minimum absolute atomic E-state index is 0.135. The Labute approximate surface area is 114 Å². The lowest BCUT2D eigenvalue weighted by atomic mass is 9.67. The molecule has 2 nitrogen and oxygen atoms in total. The van der Waals surface area contributed by atoms with Crippen LogP contribution in [0.2, 0.25) is 0 Å². The average Bonchev–Trinajstić information content (AvgIpc) is 2.82. The van der Waals surface area contributed by atoms with Gasteiger partial charge in [-0.15, -0.1) is 0 Å². The van der Waals surface area contributed by atoms with E-state index < -0.39 is 0 Å². The lowest BCUT2D eigenvalue weighted by Crippen LogP contribution is -2.31. The van der Waals surface area contributed by atoms with Crippen LogP contribution < -0.4 is 10.1 Å². The zero-order valence-corrected chi connectivity index (χ0v) is 11.5. The van der Waals surface area contributed by atoms with E-state index in [9.17, 15) is 4.39 Å². The highest BCUT2D eigenvalue weighted by Gasteiger charge is 2.44. The fourth-order valence-corrected chi connectivity index (χ4v) is 3.93. The smallest absolute Gasteiger partial charge is 0.131 e. The summed E-state index contributed by atoms with van der Waals surface area (Å²) in [7, 11) is 1.57. The number of hydrogen-bond donors (Lipinski definition) is 1. The molecule has 0 aromatic heterocycles. The Kier molecular flexibility index (Phi) is 3.48. The molecular weight excluding hydrogens is 241 g/mol. The average molecular weight is 263 g/mol. The molecule has 1 atom stereocenters. The van der Waals surface area contributed by atoms with Crippen molar-refractivity contribution in [2.75, 3.05) is 13.7 Å². The highest BCUT2D eigenvalue weighted by Crippen LogP contribution is 2.51. The Balaban J connectivity index is 1.92. The van der Waals surface area contributed by atoms with Gasteiger partial charge in [-0.3, -0.25) is 0 Å². The van der Waals surface area contributed by atoms with E-state index in [4.69, 9.17) is 4.74 Å². The molecule has 2 aliphatic rings. The first-order chi connectivity index (χ1) is 9.25. The third-order valence-electron chi connectivity index (χ3n) is 4.95. The molecule has 1 N–H and O–H groups in total. The minimum atomic E-state index is -0.135. The van der Waals surface area contributed by atoms with Crippen molar-refractivity contribution in [3.05, 3.63) is 29.6 Å². The number of ether oxygens (including phenoxy) is 1. The van der Waals surface area contributed by atoms with Crippen molar-refractivity contribution in [1.82, 2.24) is 5.32 Å². The SMILES string of the molecule is COc1ccc(C2NCCC23CCCCC3)c(F)c1. The second-order valence-electron chi connectivity index (χ2n) is 5.95. The summed E-state index contributed by atoms with van der Waals surface area (Å²) in [5, 5.41) is 3.53. The molecule has 1 aliphatic carbocycles. The Morgan fingerprint density at radius 3 is 2.68 bits per heavy atom. The van der Waals surface area contributed by atoms with Crippen molar-refractivity contribution in [3.63, 3.8) is 0 Å². The molecule has 19 heavy (non-hydrogen) atoms. The maximum Gasteiger partial charge on any atom is 0.131 e. The standard InChI is InChI=1S/C16H22FNO/c1-19-12-5-6-13(14(17)11-12)15-16(9-10-18-15)7-3-2-4-8-16/h5-6,11,15,18H,2-4,7-10H2,1H3. The first kappa shape index (κ1) is 12.9. The van der Waals surface area contributed by atoms with Crippen molar-refractivity contribution in [1.29, 1.82) is 0 Å². The topological polar surface area (TPSA) is 21.3 Å². The van der Waals surface area contributed by atoms with E-state index in [1.165, 1.54) is 44.6 Å². The van der Waals surface area contributed by atoms with Crippen LogP contribution in [0, 0.1) is 11.2 Å². The van der Waals surface area contributed by atoms with E-state index in [1.54, 1.807) is 7.11 Å². The molecule has 1 aliphatic heterocycles. The Hall–Kier alpha value is -1.09. The van der Waals surface area contributed by atoms with Crippen molar-refractivity contribution >= 4 is 0 Å². The second kappa shape index (κ2) is 5.12. The molecule has 3 heteroatoms. The van der Waals surface area contributed by atoms with Crippen LogP contribution in [0.3, 0.4) is 0 Å². The molecule has 104 valence electrons. The number of benzene rings is 1. The molecule has 1 spiro atoms. The second-order valence-corrected chi connectivity index (χ2v) is 5.95. The van der Waals surface area contributed by atoms with E-state index in [2.05, 4.69) is 5.32 Å². The molecular formula is C16H22FNO. The molecule has 0 amide bonds. The summed E-state index contributed by atoms with van der Waals surface area (Å²) < 4.78 is 19.4. The lowest BCUT2D eigenvalue weighted by Gasteiger charge is -2.39. The van der Waals surface area contributed by atoms with Gasteiger partial charge >= 0.3 is 0 Å². The number of nitrogens with one attached hydrogen (secondary N) is 1. The predicted octanol–water partition coefficient (Wildman–Crippen LogP) is 3.82. The van der Waals surface area contributed by atoms with Gasteiger partial charge < -0.3 is 10.1 Å². The van der Waals surface area contributed by atoms with Crippen LogP contribution in [0.15, 0.2) is 18.2 Å². The third-order valence-corrected chi connectivity index (χ3v) is 4.95. The summed E-state index contributed by atoms with van der Waals surface area (Å²) in [6.07, 6.45) is 7.56. The van der Waals surface area contributed by atoms with Crippen LogP contribution in [0.25, 0.3) is 0 Å².